The molecule has 7 heteroatoms. The summed E-state index contributed by atoms with van der Waals surface area (Å²) in [6.07, 6.45) is 1.59. The molecule has 0 aromatic heterocycles. The highest BCUT2D eigenvalue weighted by Crippen LogP contribution is 2.30. The Kier molecular flexibility index (Phi) is 8.52. The number of para-hydroxylation sites is 1. The second kappa shape index (κ2) is 11.1. The predicted octanol–water partition coefficient (Wildman–Crippen LogP) is 6.63. The maximum atomic E-state index is 12.6. The number of amides is 1. The van der Waals surface area contributed by atoms with Crippen LogP contribution in [-0.4, -0.2) is 5.91 Å². The third kappa shape index (κ3) is 6.18. The number of carbonyl (C=O) groups excluding carboxylic acids is 1. The SMILES string of the molecule is N#C/C(=C\c1cc(I)c(OCc2ccccc2)c(I)c1)C(=O)Nc1ccccc1I. The van der Waals surface area contributed by atoms with Crippen LogP contribution in [0.4, 0.5) is 5.69 Å². The van der Waals surface area contributed by atoms with E-state index >= 15 is 0 Å². The van der Waals surface area contributed by atoms with Crippen molar-refractivity contribution in [3.8, 4) is 11.8 Å². The van der Waals surface area contributed by atoms with Crippen LogP contribution in [0.2, 0.25) is 0 Å². The minimum absolute atomic E-state index is 0.0409. The van der Waals surface area contributed by atoms with E-state index in [1.807, 2.05) is 66.7 Å². The van der Waals surface area contributed by atoms with Crippen molar-refractivity contribution in [2.45, 2.75) is 6.61 Å². The van der Waals surface area contributed by atoms with Crippen LogP contribution in [0.25, 0.3) is 6.08 Å². The molecule has 3 rings (SSSR count). The summed E-state index contributed by atoms with van der Waals surface area (Å²) in [6, 6.07) is 23.2. The number of nitriles is 1. The highest BCUT2D eigenvalue weighted by Gasteiger charge is 2.13. The Bertz CT molecular complexity index is 1120. The first-order valence-corrected chi connectivity index (χ1v) is 12.0. The van der Waals surface area contributed by atoms with Gasteiger partial charge in [-0.15, -0.1) is 0 Å². The van der Waals surface area contributed by atoms with Gasteiger partial charge in [0.2, 0.25) is 0 Å². The molecule has 4 nitrogen and oxygen atoms in total. The summed E-state index contributed by atoms with van der Waals surface area (Å²) < 4.78 is 8.73. The zero-order valence-electron chi connectivity index (χ0n) is 15.5. The molecular weight excluding hydrogens is 717 g/mol. The number of halogens is 3. The van der Waals surface area contributed by atoms with Crippen molar-refractivity contribution in [2.24, 2.45) is 0 Å². The van der Waals surface area contributed by atoms with Crippen LogP contribution in [0.5, 0.6) is 5.75 Å². The van der Waals surface area contributed by atoms with E-state index in [1.54, 1.807) is 12.1 Å². The highest BCUT2D eigenvalue weighted by atomic mass is 127. The Labute approximate surface area is 216 Å². The van der Waals surface area contributed by atoms with E-state index in [0.717, 1.165) is 27.6 Å². The van der Waals surface area contributed by atoms with Gasteiger partial charge in [0.05, 0.1) is 12.8 Å². The molecule has 0 fully saturated rings. The van der Waals surface area contributed by atoms with Crippen LogP contribution in [0.3, 0.4) is 0 Å². The van der Waals surface area contributed by atoms with Crippen molar-refractivity contribution >= 4 is 85.4 Å². The van der Waals surface area contributed by atoms with Gasteiger partial charge in [0.15, 0.2) is 0 Å². The van der Waals surface area contributed by atoms with E-state index in [1.165, 1.54) is 0 Å². The third-order valence-corrected chi connectivity index (χ3v) is 6.59. The smallest absolute Gasteiger partial charge is 0.266 e. The van der Waals surface area contributed by atoms with Gasteiger partial charge < -0.3 is 10.1 Å². The Morgan fingerprint density at radius 1 is 0.967 bits per heavy atom. The van der Waals surface area contributed by atoms with Crippen molar-refractivity contribution in [1.29, 1.82) is 5.26 Å². The number of hydrogen-bond acceptors (Lipinski definition) is 3. The van der Waals surface area contributed by atoms with E-state index in [0.29, 0.717) is 12.3 Å². The summed E-state index contributed by atoms with van der Waals surface area (Å²) >= 11 is 6.56. The maximum Gasteiger partial charge on any atom is 0.266 e. The van der Waals surface area contributed by atoms with Gasteiger partial charge in [-0.3, -0.25) is 4.79 Å². The maximum absolute atomic E-state index is 12.6. The summed E-state index contributed by atoms with van der Waals surface area (Å²) in [5.41, 5.74) is 2.58. The fourth-order valence-corrected chi connectivity index (χ4v) is 5.25. The first-order valence-electron chi connectivity index (χ1n) is 8.81. The third-order valence-electron chi connectivity index (χ3n) is 4.04. The summed E-state index contributed by atoms with van der Waals surface area (Å²) in [5, 5.41) is 12.3. The molecular formula is C23H15I3N2O2. The lowest BCUT2D eigenvalue weighted by atomic mass is 10.1. The number of anilines is 1. The van der Waals surface area contributed by atoms with Crippen molar-refractivity contribution < 1.29 is 9.53 Å². The minimum atomic E-state index is -0.434. The molecule has 0 unspecified atom stereocenters. The molecule has 0 bridgehead atoms. The average molecular weight is 732 g/mol. The molecule has 30 heavy (non-hydrogen) atoms. The van der Waals surface area contributed by atoms with Gasteiger partial charge in [-0.05, 0) is 109 Å². The number of rotatable bonds is 6. The average Bonchev–Trinajstić information content (AvgIpc) is 2.73. The summed E-state index contributed by atoms with van der Waals surface area (Å²) in [4.78, 5) is 12.6. The van der Waals surface area contributed by atoms with Crippen molar-refractivity contribution in [2.75, 3.05) is 5.32 Å². The molecule has 150 valence electrons. The number of carbonyl (C=O) groups is 1. The zero-order valence-corrected chi connectivity index (χ0v) is 22.0. The van der Waals surface area contributed by atoms with Crippen LogP contribution in [0.15, 0.2) is 72.3 Å². The van der Waals surface area contributed by atoms with Gasteiger partial charge in [0, 0.05) is 3.57 Å². The fraction of sp³-hybridized carbons (Fsp3) is 0.0435. The van der Waals surface area contributed by atoms with Crippen LogP contribution in [-0.2, 0) is 11.4 Å². The summed E-state index contributed by atoms with van der Waals surface area (Å²) in [6.45, 7) is 0.476. The molecule has 0 atom stereocenters. The number of nitrogens with one attached hydrogen (secondary N) is 1. The van der Waals surface area contributed by atoms with Crippen LogP contribution in [0, 0.1) is 22.0 Å². The second-order valence-electron chi connectivity index (χ2n) is 6.19. The lowest BCUT2D eigenvalue weighted by Gasteiger charge is -2.12. The number of hydrogen-bond donors (Lipinski definition) is 1. The molecule has 1 N–H and O–H groups in total. The normalized spacial score (nSPS) is 10.9. The molecule has 0 spiro atoms. The monoisotopic (exact) mass is 732 g/mol. The van der Waals surface area contributed by atoms with Crippen molar-refractivity contribution in [3.63, 3.8) is 0 Å². The highest BCUT2D eigenvalue weighted by molar-refractivity contribution is 14.1. The van der Waals surface area contributed by atoms with Gasteiger partial charge in [-0.25, -0.2) is 0 Å². The zero-order chi connectivity index (χ0) is 21.5. The Morgan fingerprint density at radius 2 is 1.60 bits per heavy atom. The predicted molar refractivity (Wildman–Crippen MR) is 144 cm³/mol. The molecule has 0 radical (unpaired) electrons. The molecule has 3 aromatic carbocycles. The topological polar surface area (TPSA) is 62.1 Å². The minimum Gasteiger partial charge on any atom is -0.487 e. The van der Waals surface area contributed by atoms with E-state index in [9.17, 15) is 10.1 Å². The van der Waals surface area contributed by atoms with Crippen LogP contribution < -0.4 is 10.1 Å². The summed E-state index contributed by atoms with van der Waals surface area (Å²) in [5.74, 6) is 0.357. The first kappa shape index (κ1) is 23.0. The van der Waals surface area contributed by atoms with Gasteiger partial charge >= 0.3 is 0 Å². The second-order valence-corrected chi connectivity index (χ2v) is 9.68. The van der Waals surface area contributed by atoms with E-state index < -0.39 is 5.91 Å². The molecule has 0 aliphatic rings. The van der Waals surface area contributed by atoms with Gasteiger partial charge in [-0.2, -0.15) is 5.26 Å². The Morgan fingerprint density at radius 3 is 2.23 bits per heavy atom. The Hall–Kier alpha value is -1.65. The molecule has 3 aromatic rings. The van der Waals surface area contributed by atoms with Crippen molar-refractivity contribution in [3.05, 3.63) is 94.1 Å². The lowest BCUT2D eigenvalue weighted by molar-refractivity contribution is -0.112. The number of ether oxygens (including phenoxy) is 1. The molecule has 0 aliphatic carbocycles. The quantitative estimate of drug-likeness (QED) is 0.176. The first-order chi connectivity index (χ1) is 14.5. The van der Waals surface area contributed by atoms with Crippen molar-refractivity contribution in [1.82, 2.24) is 0 Å². The fourth-order valence-electron chi connectivity index (χ4n) is 2.60. The number of nitrogens with zero attached hydrogens (tertiary/aromatic N) is 1. The molecule has 0 heterocycles. The van der Waals surface area contributed by atoms with E-state index in [4.69, 9.17) is 4.74 Å². The van der Waals surface area contributed by atoms with E-state index in [-0.39, 0.29) is 5.57 Å². The molecule has 1 amide bonds. The molecule has 0 saturated carbocycles. The van der Waals surface area contributed by atoms with Crippen LogP contribution in [0.1, 0.15) is 11.1 Å². The molecule has 0 aliphatic heterocycles. The van der Waals surface area contributed by atoms with E-state index in [2.05, 4.69) is 73.1 Å². The summed E-state index contributed by atoms with van der Waals surface area (Å²) in [7, 11) is 0. The Balaban J connectivity index is 1.79. The van der Waals surface area contributed by atoms with Gasteiger partial charge in [-0.1, -0.05) is 42.5 Å². The standard InChI is InChI=1S/C23H15I3N2O2/c24-18-8-4-5-9-21(18)28-23(29)17(13-27)10-16-11-19(25)22(20(26)12-16)30-14-15-6-2-1-3-7-15/h1-12H,14H2,(H,28,29)/b17-10+. The number of benzene rings is 3. The lowest BCUT2D eigenvalue weighted by Crippen LogP contribution is -2.14. The van der Waals surface area contributed by atoms with Gasteiger partial charge in [0.25, 0.3) is 5.91 Å². The largest absolute Gasteiger partial charge is 0.487 e. The van der Waals surface area contributed by atoms with Crippen LogP contribution >= 0.6 is 67.8 Å². The molecule has 0 saturated heterocycles. The van der Waals surface area contributed by atoms with Gasteiger partial charge in [0.1, 0.15) is 24.0 Å².